The largest absolute Gasteiger partial charge is 0.444 e. The van der Waals surface area contributed by atoms with Gasteiger partial charge >= 0.3 is 6.09 Å². The zero-order chi connectivity index (χ0) is 16.0. The smallest absolute Gasteiger partial charge is 0.407 e. The van der Waals surface area contributed by atoms with Crippen molar-refractivity contribution >= 4 is 23.4 Å². The molecule has 0 spiro atoms. The molecule has 0 saturated carbocycles. The van der Waals surface area contributed by atoms with Gasteiger partial charge in [0.25, 0.3) is 0 Å². The highest BCUT2D eigenvalue weighted by molar-refractivity contribution is 6.32. The lowest BCUT2D eigenvalue weighted by Gasteiger charge is -2.19. The van der Waals surface area contributed by atoms with Crippen molar-refractivity contribution in [2.45, 2.75) is 32.8 Å². The molecule has 21 heavy (non-hydrogen) atoms. The van der Waals surface area contributed by atoms with Crippen molar-refractivity contribution in [1.82, 2.24) is 5.32 Å². The minimum absolute atomic E-state index is 0.0165. The molecule has 1 rings (SSSR count). The Labute approximate surface area is 128 Å². The summed E-state index contributed by atoms with van der Waals surface area (Å²) in [6, 6.07) is 2.51. The van der Waals surface area contributed by atoms with Crippen LogP contribution in [0.25, 0.3) is 0 Å². The summed E-state index contributed by atoms with van der Waals surface area (Å²) in [7, 11) is 0. The van der Waals surface area contributed by atoms with Gasteiger partial charge in [-0.15, -0.1) is 0 Å². The number of benzene rings is 1. The van der Waals surface area contributed by atoms with E-state index in [0.29, 0.717) is 23.6 Å². The quantitative estimate of drug-likeness (QED) is 0.500. The maximum atomic E-state index is 13.3. The highest BCUT2D eigenvalue weighted by atomic mass is 35.5. The van der Waals surface area contributed by atoms with Crippen LogP contribution in [-0.4, -0.2) is 18.2 Å². The summed E-state index contributed by atoms with van der Waals surface area (Å²) in [5, 5.41) is 2.86. The number of carbonyl (C=O) groups excluding carboxylic acids is 1. The molecule has 0 fully saturated rings. The average molecular weight is 313 g/mol. The van der Waals surface area contributed by atoms with Gasteiger partial charge in [0.2, 0.25) is 0 Å². The Kier molecular flexibility index (Phi) is 5.86. The van der Waals surface area contributed by atoms with Gasteiger partial charge in [-0.2, -0.15) is 0 Å². The van der Waals surface area contributed by atoms with Crippen LogP contribution in [0.5, 0.6) is 0 Å². The van der Waals surface area contributed by atoms with Gasteiger partial charge in [0, 0.05) is 18.5 Å². The van der Waals surface area contributed by atoms with Crippen LogP contribution >= 0.6 is 11.6 Å². The molecule has 0 bridgehead atoms. The molecule has 0 saturated heterocycles. The van der Waals surface area contributed by atoms with Crippen molar-refractivity contribution in [3.63, 3.8) is 0 Å². The van der Waals surface area contributed by atoms with E-state index in [1.165, 1.54) is 12.1 Å². The maximum Gasteiger partial charge on any atom is 0.407 e. The molecule has 0 unspecified atom stereocenters. The van der Waals surface area contributed by atoms with Gasteiger partial charge in [0.05, 0.1) is 10.7 Å². The van der Waals surface area contributed by atoms with Gasteiger partial charge in [0.1, 0.15) is 11.4 Å². The van der Waals surface area contributed by atoms with Gasteiger partial charge in [-0.05, 0) is 32.9 Å². The highest BCUT2D eigenvalue weighted by Crippen LogP contribution is 2.21. The van der Waals surface area contributed by atoms with Crippen LogP contribution in [0.15, 0.2) is 12.1 Å². The SMILES string of the molecule is CC(C)(C)OC(=O)NCCC#Cc1cc(F)c(N)cc1Cl. The monoisotopic (exact) mass is 312 g/mol. The van der Waals surface area contributed by atoms with Crippen LogP contribution < -0.4 is 11.1 Å². The van der Waals surface area contributed by atoms with E-state index in [1.807, 2.05) is 0 Å². The number of anilines is 1. The van der Waals surface area contributed by atoms with E-state index in [2.05, 4.69) is 17.2 Å². The van der Waals surface area contributed by atoms with Crippen molar-refractivity contribution < 1.29 is 13.9 Å². The lowest BCUT2D eigenvalue weighted by atomic mass is 10.2. The fourth-order valence-corrected chi connectivity index (χ4v) is 1.58. The molecule has 0 heterocycles. The van der Waals surface area contributed by atoms with Crippen LogP contribution in [0.1, 0.15) is 32.8 Å². The number of rotatable bonds is 2. The van der Waals surface area contributed by atoms with Crippen molar-refractivity contribution in [2.75, 3.05) is 12.3 Å². The first-order valence-corrected chi connectivity index (χ1v) is 6.77. The molecule has 1 amide bonds. The van der Waals surface area contributed by atoms with Crippen molar-refractivity contribution in [3.05, 3.63) is 28.5 Å². The van der Waals surface area contributed by atoms with Crippen molar-refractivity contribution in [1.29, 1.82) is 0 Å². The fraction of sp³-hybridized carbons (Fsp3) is 0.400. The number of hydrogen-bond donors (Lipinski definition) is 2. The second-order valence-electron chi connectivity index (χ2n) is 5.33. The molecule has 0 aliphatic carbocycles. The van der Waals surface area contributed by atoms with E-state index in [0.717, 1.165) is 0 Å². The van der Waals surface area contributed by atoms with Gasteiger partial charge in [0.15, 0.2) is 0 Å². The predicted molar refractivity (Wildman–Crippen MR) is 81.6 cm³/mol. The third-order valence-corrected chi connectivity index (χ3v) is 2.54. The van der Waals surface area contributed by atoms with Gasteiger partial charge < -0.3 is 15.8 Å². The predicted octanol–water partition coefficient (Wildman–Crippen LogP) is 3.33. The molecule has 114 valence electrons. The molecule has 1 aromatic carbocycles. The van der Waals surface area contributed by atoms with E-state index >= 15 is 0 Å². The molecule has 0 aliphatic rings. The second kappa shape index (κ2) is 7.19. The van der Waals surface area contributed by atoms with Crippen LogP contribution in [0, 0.1) is 17.7 Å². The molecule has 0 atom stereocenters. The lowest BCUT2D eigenvalue weighted by molar-refractivity contribution is 0.0529. The summed E-state index contributed by atoms with van der Waals surface area (Å²) in [6.45, 7) is 5.68. The first kappa shape index (κ1) is 17.1. The summed E-state index contributed by atoms with van der Waals surface area (Å²) in [4.78, 5) is 11.4. The molecule has 4 nitrogen and oxygen atoms in total. The Hall–Kier alpha value is -1.93. The van der Waals surface area contributed by atoms with Crippen LogP contribution in [0.4, 0.5) is 14.9 Å². The van der Waals surface area contributed by atoms with E-state index in [-0.39, 0.29) is 5.69 Å². The first-order chi connectivity index (χ1) is 9.69. The zero-order valence-corrected chi connectivity index (χ0v) is 13.0. The Bertz CT molecular complexity index is 586. The minimum Gasteiger partial charge on any atom is -0.444 e. The number of alkyl carbamates (subject to hydrolysis) is 1. The fourth-order valence-electron chi connectivity index (χ4n) is 1.36. The van der Waals surface area contributed by atoms with Crippen LogP contribution in [-0.2, 0) is 4.74 Å². The number of nitrogens with one attached hydrogen (secondary N) is 1. The van der Waals surface area contributed by atoms with Crippen LogP contribution in [0.2, 0.25) is 5.02 Å². The number of amides is 1. The number of nitrogen functional groups attached to an aromatic ring is 1. The number of nitrogens with two attached hydrogens (primary N) is 1. The van der Waals surface area contributed by atoms with Gasteiger partial charge in [-0.25, -0.2) is 9.18 Å². The Balaban J connectivity index is 2.48. The number of halogens is 2. The molecular weight excluding hydrogens is 295 g/mol. The van der Waals surface area contributed by atoms with Gasteiger partial charge in [-0.1, -0.05) is 23.4 Å². The standard InChI is InChI=1S/C15H18ClFN2O2/c1-15(2,3)21-14(20)19-7-5-4-6-10-8-12(17)13(18)9-11(10)16/h8-9H,5,7,18H2,1-3H3,(H,19,20). The lowest BCUT2D eigenvalue weighted by Crippen LogP contribution is -2.32. The third-order valence-electron chi connectivity index (χ3n) is 2.23. The summed E-state index contributed by atoms with van der Waals surface area (Å²) in [5.41, 5.74) is 5.19. The van der Waals surface area contributed by atoms with E-state index in [4.69, 9.17) is 22.1 Å². The summed E-state index contributed by atoms with van der Waals surface area (Å²) >= 11 is 5.90. The molecule has 1 aromatic rings. The van der Waals surface area contributed by atoms with E-state index < -0.39 is 17.5 Å². The third kappa shape index (κ3) is 6.37. The van der Waals surface area contributed by atoms with Crippen molar-refractivity contribution in [3.8, 4) is 11.8 Å². The number of hydrogen-bond acceptors (Lipinski definition) is 3. The van der Waals surface area contributed by atoms with Crippen LogP contribution in [0.3, 0.4) is 0 Å². The minimum atomic E-state index is -0.560. The second-order valence-corrected chi connectivity index (χ2v) is 5.74. The number of carbonyl (C=O) groups is 1. The summed E-state index contributed by atoms with van der Waals surface area (Å²) < 4.78 is 18.3. The normalized spacial score (nSPS) is 10.5. The highest BCUT2D eigenvalue weighted by Gasteiger charge is 2.15. The number of ether oxygens (including phenoxy) is 1. The summed E-state index contributed by atoms with van der Waals surface area (Å²) in [6.07, 6.45) is -0.109. The molecule has 3 N–H and O–H groups in total. The molecule has 6 heteroatoms. The Morgan fingerprint density at radius 1 is 1.48 bits per heavy atom. The topological polar surface area (TPSA) is 64.3 Å². The van der Waals surface area contributed by atoms with E-state index in [1.54, 1.807) is 20.8 Å². The first-order valence-electron chi connectivity index (χ1n) is 6.39. The summed E-state index contributed by atoms with van der Waals surface area (Å²) in [5.74, 6) is 4.97. The average Bonchev–Trinajstić information content (AvgIpc) is 2.32. The Morgan fingerprint density at radius 3 is 2.76 bits per heavy atom. The van der Waals surface area contributed by atoms with E-state index in [9.17, 15) is 9.18 Å². The molecule has 0 radical (unpaired) electrons. The molecule has 0 aromatic heterocycles. The van der Waals surface area contributed by atoms with Crippen molar-refractivity contribution in [2.24, 2.45) is 0 Å². The zero-order valence-electron chi connectivity index (χ0n) is 12.2. The van der Waals surface area contributed by atoms with Gasteiger partial charge in [-0.3, -0.25) is 0 Å². The maximum absolute atomic E-state index is 13.3. The Morgan fingerprint density at radius 2 is 2.14 bits per heavy atom. The molecular formula is C15H18ClFN2O2. The molecule has 0 aliphatic heterocycles.